The van der Waals surface area contributed by atoms with Crippen LogP contribution >= 0.6 is 0 Å². The van der Waals surface area contributed by atoms with Crippen molar-refractivity contribution in [1.82, 2.24) is 4.90 Å². The van der Waals surface area contributed by atoms with E-state index in [1.165, 1.54) is 0 Å². The summed E-state index contributed by atoms with van der Waals surface area (Å²) in [5.41, 5.74) is 0. The van der Waals surface area contributed by atoms with Crippen molar-refractivity contribution in [3.05, 3.63) is 23.7 Å². The average Bonchev–Trinajstić information content (AvgIpc) is 2.18. The number of hydrogen-bond donors (Lipinski definition) is 0. The summed E-state index contributed by atoms with van der Waals surface area (Å²) in [5.74, 6) is 0.474. The zero-order valence-electron chi connectivity index (χ0n) is 9.96. The van der Waals surface area contributed by atoms with E-state index in [0.717, 1.165) is 6.54 Å². The number of ether oxygens (including phenoxy) is 1. The third kappa shape index (κ3) is 3.34. The Morgan fingerprint density at radius 2 is 2.07 bits per heavy atom. The Morgan fingerprint density at radius 1 is 1.40 bits per heavy atom. The van der Waals surface area contributed by atoms with Crippen molar-refractivity contribution in [3.8, 4) is 0 Å². The van der Waals surface area contributed by atoms with E-state index in [-0.39, 0.29) is 17.7 Å². The third-order valence-corrected chi connectivity index (χ3v) is 2.77. The highest BCUT2D eigenvalue weighted by molar-refractivity contribution is 5.24. The number of rotatable bonds is 4. The molecule has 0 heterocycles. The van der Waals surface area contributed by atoms with E-state index in [9.17, 15) is 4.39 Å². The van der Waals surface area contributed by atoms with Crippen molar-refractivity contribution in [1.29, 1.82) is 0 Å². The van der Waals surface area contributed by atoms with Crippen molar-refractivity contribution in [2.24, 2.45) is 11.8 Å². The minimum atomic E-state index is -0.122. The van der Waals surface area contributed by atoms with E-state index in [1.807, 2.05) is 38.9 Å². The Hall–Kier alpha value is -0.830. The lowest BCUT2D eigenvalue weighted by Gasteiger charge is -2.22. The van der Waals surface area contributed by atoms with Crippen molar-refractivity contribution in [3.63, 3.8) is 0 Å². The van der Waals surface area contributed by atoms with Gasteiger partial charge in [0.25, 0.3) is 0 Å². The Balaban J connectivity index is 2.51. The van der Waals surface area contributed by atoms with Crippen molar-refractivity contribution in [2.75, 3.05) is 27.2 Å². The summed E-state index contributed by atoms with van der Waals surface area (Å²) in [6.07, 6.45) is 3.74. The van der Waals surface area contributed by atoms with Gasteiger partial charge in [-0.3, -0.25) is 0 Å². The maximum Gasteiger partial charge on any atom is 0.150 e. The van der Waals surface area contributed by atoms with Crippen molar-refractivity contribution >= 4 is 0 Å². The zero-order chi connectivity index (χ0) is 11.4. The first-order chi connectivity index (χ1) is 7.02. The molecule has 3 heteroatoms. The minimum absolute atomic E-state index is 0.0654. The predicted octanol–water partition coefficient (Wildman–Crippen LogP) is 2.59. The maximum atomic E-state index is 13.7. The normalized spacial score (nSPS) is 26.3. The van der Waals surface area contributed by atoms with Crippen LogP contribution in [0.1, 0.15) is 13.8 Å². The van der Waals surface area contributed by atoms with E-state index in [0.29, 0.717) is 12.4 Å². The van der Waals surface area contributed by atoms with E-state index in [4.69, 9.17) is 4.74 Å². The Morgan fingerprint density at radius 3 is 2.67 bits per heavy atom. The number of allylic oxidation sites excluding steroid dienone is 3. The fourth-order valence-corrected chi connectivity index (χ4v) is 1.40. The second-order valence-electron chi connectivity index (χ2n) is 4.37. The number of nitrogens with zero attached hydrogens (tertiary/aromatic N) is 1. The largest absolute Gasteiger partial charge is 0.490 e. The molecule has 2 nitrogen and oxygen atoms in total. The molecule has 0 bridgehead atoms. The molecule has 0 saturated carbocycles. The SMILES string of the molecule is C[C@@H]1C(F)=C(OCCN(C)C)C=C[C@@H]1C. The summed E-state index contributed by atoms with van der Waals surface area (Å²) in [7, 11) is 3.94. The van der Waals surface area contributed by atoms with Crippen LogP contribution in [0, 0.1) is 11.8 Å². The molecule has 0 radical (unpaired) electrons. The molecular weight excluding hydrogens is 193 g/mol. The molecule has 86 valence electrons. The molecule has 15 heavy (non-hydrogen) atoms. The van der Waals surface area contributed by atoms with E-state index >= 15 is 0 Å². The van der Waals surface area contributed by atoms with Crippen LogP contribution in [0.2, 0.25) is 0 Å². The fourth-order valence-electron chi connectivity index (χ4n) is 1.40. The van der Waals surface area contributed by atoms with Gasteiger partial charge in [-0.05, 0) is 26.1 Å². The molecule has 1 aliphatic carbocycles. The summed E-state index contributed by atoms with van der Waals surface area (Å²) in [6, 6.07) is 0. The smallest absolute Gasteiger partial charge is 0.150 e. The van der Waals surface area contributed by atoms with Gasteiger partial charge in [-0.25, -0.2) is 4.39 Å². The summed E-state index contributed by atoms with van der Waals surface area (Å²) in [6.45, 7) is 5.23. The number of hydrogen-bond acceptors (Lipinski definition) is 2. The van der Waals surface area contributed by atoms with Crippen LogP contribution in [0.3, 0.4) is 0 Å². The van der Waals surface area contributed by atoms with Gasteiger partial charge in [0.05, 0.1) is 0 Å². The van der Waals surface area contributed by atoms with Gasteiger partial charge in [-0.2, -0.15) is 0 Å². The van der Waals surface area contributed by atoms with E-state index in [2.05, 4.69) is 0 Å². The van der Waals surface area contributed by atoms with Gasteiger partial charge < -0.3 is 9.64 Å². The predicted molar refractivity (Wildman–Crippen MR) is 60.1 cm³/mol. The quantitative estimate of drug-likeness (QED) is 0.711. The highest BCUT2D eigenvalue weighted by Crippen LogP contribution is 2.30. The molecule has 0 N–H and O–H groups in total. The van der Waals surface area contributed by atoms with Crippen LogP contribution in [-0.4, -0.2) is 32.1 Å². The van der Waals surface area contributed by atoms with Crippen LogP contribution in [0.4, 0.5) is 4.39 Å². The van der Waals surface area contributed by atoms with Gasteiger partial charge in [-0.15, -0.1) is 0 Å². The molecule has 2 atom stereocenters. The first-order valence-electron chi connectivity index (χ1n) is 5.37. The fraction of sp³-hybridized carbons (Fsp3) is 0.667. The molecule has 0 fully saturated rings. The zero-order valence-corrected chi connectivity index (χ0v) is 9.96. The molecular formula is C12H20FNO. The van der Waals surface area contributed by atoms with Gasteiger partial charge in [0.1, 0.15) is 12.4 Å². The summed E-state index contributed by atoms with van der Waals surface area (Å²) >= 11 is 0. The molecule has 0 aliphatic heterocycles. The van der Waals surface area contributed by atoms with Gasteiger partial charge >= 0.3 is 0 Å². The Labute approximate surface area is 91.4 Å². The van der Waals surface area contributed by atoms with Gasteiger partial charge in [0.15, 0.2) is 5.76 Å². The van der Waals surface area contributed by atoms with Crippen molar-refractivity contribution < 1.29 is 9.13 Å². The van der Waals surface area contributed by atoms with E-state index in [1.54, 1.807) is 6.08 Å². The lowest BCUT2D eigenvalue weighted by Crippen LogP contribution is -2.19. The summed E-state index contributed by atoms with van der Waals surface area (Å²) in [5, 5.41) is 0. The average molecular weight is 213 g/mol. The molecule has 0 amide bonds. The first kappa shape index (κ1) is 12.2. The molecule has 0 spiro atoms. The molecule has 0 aromatic heterocycles. The monoisotopic (exact) mass is 213 g/mol. The Bertz CT molecular complexity index is 271. The van der Waals surface area contributed by atoms with Gasteiger partial charge in [0, 0.05) is 12.5 Å². The van der Waals surface area contributed by atoms with Crippen LogP contribution in [0.15, 0.2) is 23.7 Å². The van der Waals surface area contributed by atoms with Crippen LogP contribution in [0.25, 0.3) is 0 Å². The second kappa shape index (κ2) is 5.31. The highest BCUT2D eigenvalue weighted by Gasteiger charge is 2.22. The molecule has 1 rings (SSSR count). The van der Waals surface area contributed by atoms with Crippen LogP contribution in [-0.2, 0) is 4.74 Å². The van der Waals surface area contributed by atoms with E-state index < -0.39 is 0 Å². The van der Waals surface area contributed by atoms with Crippen LogP contribution in [0.5, 0.6) is 0 Å². The van der Waals surface area contributed by atoms with Crippen LogP contribution < -0.4 is 0 Å². The first-order valence-corrected chi connectivity index (χ1v) is 5.37. The molecule has 0 saturated heterocycles. The lowest BCUT2D eigenvalue weighted by atomic mass is 9.90. The van der Waals surface area contributed by atoms with Crippen molar-refractivity contribution in [2.45, 2.75) is 13.8 Å². The summed E-state index contributed by atoms with van der Waals surface area (Å²) < 4.78 is 19.1. The molecule has 0 unspecified atom stereocenters. The second-order valence-corrected chi connectivity index (χ2v) is 4.37. The lowest BCUT2D eigenvalue weighted by molar-refractivity contribution is 0.176. The Kier molecular flexibility index (Phi) is 4.33. The number of likely N-dealkylation sites (N-methyl/N-ethyl adjacent to an activating group) is 1. The molecule has 0 aromatic rings. The minimum Gasteiger partial charge on any atom is -0.490 e. The third-order valence-electron chi connectivity index (χ3n) is 2.77. The highest BCUT2D eigenvalue weighted by atomic mass is 19.1. The standard InChI is InChI=1S/C12H20FNO/c1-9-5-6-11(12(13)10(9)2)15-8-7-14(3)4/h5-6,9-10H,7-8H2,1-4H3/t9-,10-/m0/s1. The summed E-state index contributed by atoms with van der Waals surface area (Å²) in [4.78, 5) is 2.01. The topological polar surface area (TPSA) is 12.5 Å². The maximum absolute atomic E-state index is 13.7. The molecule has 0 aromatic carbocycles. The van der Waals surface area contributed by atoms with Gasteiger partial charge in [0.2, 0.25) is 0 Å². The van der Waals surface area contributed by atoms with Gasteiger partial charge in [-0.1, -0.05) is 19.9 Å². The number of halogens is 1. The molecule has 1 aliphatic rings.